The van der Waals surface area contributed by atoms with E-state index in [0.717, 1.165) is 38.5 Å². The van der Waals surface area contributed by atoms with Crippen LogP contribution in [0.15, 0.2) is 0 Å². The molecular weight excluding hydrogens is 425 g/mol. The predicted molar refractivity (Wildman–Crippen MR) is 80.9 cm³/mol. The Morgan fingerprint density at radius 1 is 1.29 bits per heavy atom. The molecule has 0 bridgehead atoms. The van der Waals surface area contributed by atoms with Gasteiger partial charge in [-0.15, -0.1) is 0 Å². The Kier molecular flexibility index (Phi) is 6.09. The Morgan fingerprint density at radius 2 is 2.08 bits per heavy atom. The fraction of sp³-hybridized carbons (Fsp3) is 0.765. The first-order chi connectivity index (χ1) is 11.7. The van der Waals surface area contributed by atoms with Gasteiger partial charge in [0.1, 0.15) is 0 Å². The number of ether oxygens (including phenoxy) is 2. The molecule has 0 radical (unpaired) electrons. The second-order valence-electron chi connectivity index (χ2n) is 6.36. The Balaban J connectivity index is 1.38. The van der Waals surface area contributed by atoms with Crippen molar-refractivity contribution in [1.29, 1.82) is 0 Å². The first-order valence-electron chi connectivity index (χ1n) is 8.60. The molecule has 1 amide bonds. The van der Waals surface area contributed by atoms with Crippen molar-refractivity contribution in [1.82, 2.24) is 4.90 Å². The molecular formula is C17H23INO5-. The number of carbonyl (C=O) groups is 2. The molecule has 3 aliphatic rings. The molecule has 7 heteroatoms. The molecule has 0 aromatic carbocycles. The van der Waals surface area contributed by atoms with Crippen LogP contribution >= 0.6 is 0 Å². The quantitative estimate of drug-likeness (QED) is 0.187. The second-order valence-corrected chi connectivity index (χ2v) is 8.75. The molecule has 0 unspecified atom stereocenters. The van der Waals surface area contributed by atoms with Crippen LogP contribution in [0.2, 0.25) is 0 Å². The summed E-state index contributed by atoms with van der Waals surface area (Å²) < 4.78 is 16.1. The molecule has 1 saturated carbocycles. The van der Waals surface area contributed by atoms with Crippen molar-refractivity contribution < 1.29 is 43.7 Å². The van der Waals surface area contributed by atoms with Crippen molar-refractivity contribution >= 4 is 12.1 Å². The number of halogens is 1. The van der Waals surface area contributed by atoms with E-state index in [9.17, 15) is 9.59 Å². The summed E-state index contributed by atoms with van der Waals surface area (Å²) in [7, 11) is 0. The molecule has 3 fully saturated rings. The fourth-order valence-corrected chi connectivity index (χ4v) is 5.76. The number of rotatable bonds is 4. The molecule has 2 atom stereocenters. The molecule has 1 aliphatic carbocycles. The standard InChI is InChI=1S/C17H23INO5/c1-2-23-16(20)13-5-3-12(4-6-13)9-10-22-11-14-7-8-15-18-24-17(21)19(14)15/h12-15H,2-8,11H2,1H3/q-1/t12?,13?,14-,15-/m0/s1. The average Bonchev–Trinajstić information content (AvgIpc) is 3.16. The van der Waals surface area contributed by atoms with Gasteiger partial charge < -0.3 is 4.74 Å². The van der Waals surface area contributed by atoms with Gasteiger partial charge in [0, 0.05) is 0 Å². The van der Waals surface area contributed by atoms with Crippen LogP contribution in [0.4, 0.5) is 4.79 Å². The zero-order chi connectivity index (χ0) is 16.9. The van der Waals surface area contributed by atoms with E-state index >= 15 is 0 Å². The number of hydrogen-bond acceptors (Lipinski definition) is 5. The molecule has 0 N–H and O–H groups in total. The number of esters is 1. The van der Waals surface area contributed by atoms with Crippen molar-refractivity contribution in [3.63, 3.8) is 0 Å². The van der Waals surface area contributed by atoms with E-state index in [2.05, 4.69) is 12.0 Å². The van der Waals surface area contributed by atoms with Gasteiger partial charge in [-0.2, -0.15) is 0 Å². The molecule has 24 heavy (non-hydrogen) atoms. The molecule has 3 rings (SSSR count). The maximum atomic E-state index is 11.7. The number of hydrogen-bond donors (Lipinski definition) is 0. The summed E-state index contributed by atoms with van der Waals surface area (Å²) in [5, 5.41) is 0. The van der Waals surface area contributed by atoms with Crippen LogP contribution in [0.3, 0.4) is 0 Å². The number of fused-ring (bicyclic) bond motifs is 1. The van der Waals surface area contributed by atoms with Crippen molar-refractivity contribution in [3.8, 4) is 12.0 Å². The van der Waals surface area contributed by atoms with Crippen molar-refractivity contribution in [2.75, 3.05) is 13.2 Å². The first kappa shape index (κ1) is 17.6. The third-order valence-electron chi connectivity index (χ3n) is 4.82. The summed E-state index contributed by atoms with van der Waals surface area (Å²) in [4.78, 5) is 25.2. The summed E-state index contributed by atoms with van der Waals surface area (Å²) in [6, 6.07) is 0.110. The number of carbonyl (C=O) groups excluding carboxylic acids is 2. The van der Waals surface area contributed by atoms with Crippen LogP contribution in [0, 0.1) is 23.9 Å². The number of alkyl halides is 1. The molecule has 6 nitrogen and oxygen atoms in total. The average molecular weight is 448 g/mol. The summed E-state index contributed by atoms with van der Waals surface area (Å²) >= 11 is -0.465. The molecule has 0 aromatic heterocycles. The van der Waals surface area contributed by atoms with Crippen molar-refractivity contribution in [2.24, 2.45) is 11.8 Å². The summed E-state index contributed by atoms with van der Waals surface area (Å²) in [6.07, 6.45) is 8.14. The molecule has 2 heterocycles. The van der Waals surface area contributed by atoms with Gasteiger partial charge in [-0.3, -0.25) is 4.79 Å². The SMILES string of the molecule is CCOC(=O)C1CCC(C#COC[C@@H]2CC[C@H]3[I-]OC(=O)N23)CC1. The van der Waals surface area contributed by atoms with Gasteiger partial charge >= 0.3 is 130 Å². The van der Waals surface area contributed by atoms with E-state index in [1.54, 1.807) is 0 Å². The van der Waals surface area contributed by atoms with E-state index in [-0.39, 0.29) is 29.9 Å². The van der Waals surface area contributed by atoms with E-state index in [4.69, 9.17) is 12.5 Å². The molecule has 2 saturated heterocycles. The van der Waals surface area contributed by atoms with Gasteiger partial charge in [0.2, 0.25) is 0 Å². The predicted octanol–water partition coefficient (Wildman–Crippen LogP) is -0.722. The topological polar surface area (TPSA) is 65.1 Å². The van der Waals surface area contributed by atoms with Crippen LogP contribution in [0.1, 0.15) is 45.4 Å². The van der Waals surface area contributed by atoms with E-state index in [0.29, 0.717) is 17.3 Å². The Labute approximate surface area is 153 Å². The third kappa shape index (κ3) is 4.08. The van der Waals surface area contributed by atoms with Crippen molar-refractivity contribution in [3.05, 3.63) is 0 Å². The van der Waals surface area contributed by atoms with Gasteiger partial charge in [-0.25, -0.2) is 0 Å². The molecule has 0 spiro atoms. The van der Waals surface area contributed by atoms with Gasteiger partial charge in [0.15, 0.2) is 0 Å². The van der Waals surface area contributed by atoms with E-state index < -0.39 is 21.6 Å². The summed E-state index contributed by atoms with van der Waals surface area (Å²) in [5.74, 6) is 3.40. The van der Waals surface area contributed by atoms with Crippen LogP contribution in [0.5, 0.6) is 0 Å². The molecule has 2 aliphatic heterocycles. The zero-order valence-electron chi connectivity index (χ0n) is 13.8. The van der Waals surface area contributed by atoms with Gasteiger partial charge in [-0.1, -0.05) is 0 Å². The molecule has 134 valence electrons. The van der Waals surface area contributed by atoms with Gasteiger partial charge in [0.05, 0.1) is 6.61 Å². The summed E-state index contributed by atoms with van der Waals surface area (Å²) in [5.41, 5.74) is 0. The van der Waals surface area contributed by atoms with Crippen LogP contribution in [-0.2, 0) is 17.3 Å². The summed E-state index contributed by atoms with van der Waals surface area (Å²) in [6.45, 7) is 2.74. The third-order valence-corrected chi connectivity index (χ3v) is 7.26. The van der Waals surface area contributed by atoms with Gasteiger partial charge in [-0.05, 0) is 6.92 Å². The van der Waals surface area contributed by atoms with E-state index in [1.807, 2.05) is 11.8 Å². The van der Waals surface area contributed by atoms with Gasteiger partial charge in [0.25, 0.3) is 0 Å². The Bertz CT molecular complexity index is 535. The Morgan fingerprint density at radius 3 is 2.83 bits per heavy atom. The monoisotopic (exact) mass is 448 g/mol. The normalized spacial score (nSPS) is 32.0. The minimum atomic E-state index is -0.465. The van der Waals surface area contributed by atoms with Crippen LogP contribution < -0.4 is 21.6 Å². The fourth-order valence-electron chi connectivity index (χ4n) is 3.48. The van der Waals surface area contributed by atoms with Crippen molar-refractivity contribution in [2.45, 2.75) is 55.5 Å². The van der Waals surface area contributed by atoms with Crippen LogP contribution in [-0.4, -0.2) is 40.3 Å². The Hall–Kier alpha value is -1.17. The van der Waals surface area contributed by atoms with E-state index in [1.165, 1.54) is 0 Å². The maximum absolute atomic E-state index is 11.7. The van der Waals surface area contributed by atoms with Crippen LogP contribution in [0.25, 0.3) is 0 Å². The second kappa shape index (κ2) is 8.28. The number of nitrogens with zero attached hydrogens (tertiary/aromatic N) is 1. The molecule has 0 aromatic rings. The minimum absolute atomic E-state index is 0.0313. The number of amides is 1. The first-order valence-corrected chi connectivity index (χ1v) is 10.7. The zero-order valence-corrected chi connectivity index (χ0v) is 16.0.